The summed E-state index contributed by atoms with van der Waals surface area (Å²) in [5.41, 5.74) is 0. The number of benzene rings is 2. The first-order valence-corrected chi connectivity index (χ1v) is 7.53. The van der Waals surface area contributed by atoms with E-state index in [9.17, 15) is 4.79 Å². The molecule has 0 saturated carbocycles. The van der Waals surface area contributed by atoms with E-state index in [4.69, 9.17) is 4.74 Å². The number of rotatable bonds is 3. The molecule has 0 aliphatic carbocycles. The molecule has 0 bridgehead atoms. The Balaban J connectivity index is 2.36. The van der Waals surface area contributed by atoms with Crippen LogP contribution in [0.2, 0.25) is 0 Å². The Bertz CT molecular complexity index is 537. The zero-order chi connectivity index (χ0) is 13.0. The highest BCUT2D eigenvalue weighted by molar-refractivity contribution is 7.72. The van der Waals surface area contributed by atoms with Gasteiger partial charge in [-0.2, -0.15) is 0 Å². The summed E-state index contributed by atoms with van der Waals surface area (Å²) in [4.78, 5) is 11.1. The van der Waals surface area contributed by atoms with Crippen LogP contribution in [0.3, 0.4) is 0 Å². The molecule has 0 fully saturated rings. The van der Waals surface area contributed by atoms with Crippen molar-refractivity contribution in [3.05, 3.63) is 54.6 Å². The first-order chi connectivity index (χ1) is 8.68. The van der Waals surface area contributed by atoms with Crippen LogP contribution in [0.25, 0.3) is 0 Å². The summed E-state index contributed by atoms with van der Waals surface area (Å²) in [5, 5.41) is 2.36. The molecule has 0 aromatic heterocycles. The Kier molecular flexibility index (Phi) is 4.11. The van der Waals surface area contributed by atoms with Gasteiger partial charge in [-0.1, -0.05) is 48.5 Å². The van der Waals surface area contributed by atoms with Gasteiger partial charge in [-0.3, -0.25) is 4.79 Å². The molecule has 2 nitrogen and oxygen atoms in total. The maximum absolute atomic E-state index is 11.1. The maximum Gasteiger partial charge on any atom is 0.308 e. The molecule has 0 N–H and O–H groups in total. The highest BCUT2D eigenvalue weighted by atomic mass is 31.1. The van der Waals surface area contributed by atoms with Crippen molar-refractivity contribution >= 4 is 24.5 Å². The first kappa shape index (κ1) is 12.8. The van der Waals surface area contributed by atoms with E-state index in [1.807, 2.05) is 42.5 Å². The fourth-order valence-electron chi connectivity index (χ4n) is 1.77. The molecule has 2 aromatic rings. The number of para-hydroxylation sites is 1. The third kappa shape index (κ3) is 2.96. The Hall–Kier alpha value is -1.66. The minimum Gasteiger partial charge on any atom is -0.426 e. The van der Waals surface area contributed by atoms with E-state index in [0.717, 1.165) is 5.30 Å². The van der Waals surface area contributed by atoms with Crippen LogP contribution >= 0.6 is 7.92 Å². The van der Waals surface area contributed by atoms with Gasteiger partial charge in [-0.05, 0) is 26.0 Å². The Morgan fingerprint density at radius 1 is 1.00 bits per heavy atom. The number of carbonyl (C=O) groups is 1. The second-order valence-corrected chi connectivity index (χ2v) is 6.07. The monoisotopic (exact) mass is 258 g/mol. The molecule has 3 heteroatoms. The highest BCUT2D eigenvalue weighted by Crippen LogP contribution is 2.32. The lowest BCUT2D eigenvalue weighted by Gasteiger charge is -2.16. The van der Waals surface area contributed by atoms with E-state index >= 15 is 0 Å². The van der Waals surface area contributed by atoms with Crippen LogP contribution in [-0.4, -0.2) is 12.6 Å². The van der Waals surface area contributed by atoms with Crippen molar-refractivity contribution < 1.29 is 9.53 Å². The van der Waals surface area contributed by atoms with Crippen LogP contribution in [0.5, 0.6) is 5.75 Å². The summed E-state index contributed by atoms with van der Waals surface area (Å²) in [7, 11) is -0.499. The molecule has 0 spiro atoms. The minimum absolute atomic E-state index is 0.279. The molecule has 0 radical (unpaired) electrons. The van der Waals surface area contributed by atoms with Crippen LogP contribution < -0.4 is 15.3 Å². The van der Waals surface area contributed by atoms with Crippen molar-refractivity contribution in [1.82, 2.24) is 0 Å². The molecule has 0 saturated heterocycles. The normalized spacial score (nSPS) is 11.9. The van der Waals surface area contributed by atoms with E-state index in [0.29, 0.717) is 5.75 Å². The summed E-state index contributed by atoms with van der Waals surface area (Å²) in [6, 6.07) is 18.0. The first-order valence-electron chi connectivity index (χ1n) is 5.74. The van der Waals surface area contributed by atoms with Gasteiger partial charge in [0.05, 0.1) is 0 Å². The number of esters is 1. The zero-order valence-electron chi connectivity index (χ0n) is 10.5. The molecule has 18 heavy (non-hydrogen) atoms. The van der Waals surface area contributed by atoms with Crippen molar-refractivity contribution in [3.8, 4) is 5.75 Å². The van der Waals surface area contributed by atoms with Gasteiger partial charge in [-0.15, -0.1) is 0 Å². The maximum atomic E-state index is 11.1. The number of ether oxygens (including phenoxy) is 1. The molecular weight excluding hydrogens is 243 g/mol. The lowest BCUT2D eigenvalue weighted by atomic mass is 10.3. The number of carbonyl (C=O) groups excluding carboxylic acids is 1. The predicted molar refractivity (Wildman–Crippen MR) is 76.3 cm³/mol. The fourth-order valence-corrected chi connectivity index (χ4v) is 3.42. The van der Waals surface area contributed by atoms with Crippen molar-refractivity contribution in [3.63, 3.8) is 0 Å². The highest BCUT2D eigenvalue weighted by Gasteiger charge is 2.13. The molecule has 0 aliphatic rings. The van der Waals surface area contributed by atoms with Gasteiger partial charge in [0.25, 0.3) is 0 Å². The standard InChI is InChI=1S/C15H15O2P/c1-12(16)17-14-10-6-7-11-15(14)18(2)13-8-4-3-5-9-13/h3-11H,1-2H3. The third-order valence-corrected chi connectivity index (χ3v) is 4.79. The van der Waals surface area contributed by atoms with Gasteiger partial charge in [-0.25, -0.2) is 0 Å². The van der Waals surface area contributed by atoms with Gasteiger partial charge in [0.2, 0.25) is 0 Å². The number of hydrogen-bond acceptors (Lipinski definition) is 2. The summed E-state index contributed by atoms with van der Waals surface area (Å²) >= 11 is 0. The average Bonchev–Trinajstić information content (AvgIpc) is 2.39. The fraction of sp³-hybridized carbons (Fsp3) is 0.133. The lowest BCUT2D eigenvalue weighted by molar-refractivity contribution is -0.131. The van der Waals surface area contributed by atoms with Gasteiger partial charge in [0.15, 0.2) is 0 Å². The molecule has 0 aliphatic heterocycles. The van der Waals surface area contributed by atoms with Crippen molar-refractivity contribution in [2.45, 2.75) is 6.92 Å². The van der Waals surface area contributed by atoms with Gasteiger partial charge in [0, 0.05) is 12.2 Å². The second kappa shape index (κ2) is 5.79. The molecule has 0 heterocycles. The van der Waals surface area contributed by atoms with E-state index in [2.05, 4.69) is 18.8 Å². The third-order valence-electron chi connectivity index (χ3n) is 2.62. The van der Waals surface area contributed by atoms with Gasteiger partial charge >= 0.3 is 5.97 Å². The second-order valence-electron chi connectivity index (χ2n) is 3.96. The van der Waals surface area contributed by atoms with Crippen LogP contribution in [0.15, 0.2) is 54.6 Å². The minimum atomic E-state index is -0.499. The van der Waals surface area contributed by atoms with Gasteiger partial charge < -0.3 is 4.74 Å². The molecule has 92 valence electrons. The van der Waals surface area contributed by atoms with E-state index in [1.165, 1.54) is 12.2 Å². The Morgan fingerprint density at radius 3 is 2.28 bits per heavy atom. The molecule has 1 unspecified atom stereocenters. The largest absolute Gasteiger partial charge is 0.426 e. The SMILES string of the molecule is CC(=O)Oc1ccccc1P(C)c1ccccc1. The van der Waals surface area contributed by atoms with E-state index < -0.39 is 7.92 Å². The summed E-state index contributed by atoms with van der Waals surface area (Å²) in [6.45, 7) is 3.60. The summed E-state index contributed by atoms with van der Waals surface area (Å²) in [5.74, 6) is 0.390. The van der Waals surface area contributed by atoms with Crippen LogP contribution in [0, 0.1) is 0 Å². The molecule has 2 rings (SSSR count). The summed E-state index contributed by atoms with van der Waals surface area (Å²) < 4.78 is 5.27. The molecule has 0 amide bonds. The number of hydrogen-bond donors (Lipinski definition) is 0. The van der Waals surface area contributed by atoms with Crippen LogP contribution in [0.4, 0.5) is 0 Å². The molecule has 2 aromatic carbocycles. The Labute approximate surface area is 108 Å². The molecule has 1 atom stereocenters. The van der Waals surface area contributed by atoms with Crippen LogP contribution in [0.1, 0.15) is 6.92 Å². The quantitative estimate of drug-likeness (QED) is 0.480. The predicted octanol–water partition coefficient (Wildman–Crippen LogP) is 2.67. The smallest absolute Gasteiger partial charge is 0.308 e. The van der Waals surface area contributed by atoms with Crippen LogP contribution in [-0.2, 0) is 4.79 Å². The van der Waals surface area contributed by atoms with Gasteiger partial charge in [0.1, 0.15) is 5.75 Å². The zero-order valence-corrected chi connectivity index (χ0v) is 11.4. The van der Waals surface area contributed by atoms with E-state index in [1.54, 1.807) is 0 Å². The van der Waals surface area contributed by atoms with Crippen molar-refractivity contribution in [2.24, 2.45) is 0 Å². The average molecular weight is 258 g/mol. The topological polar surface area (TPSA) is 26.3 Å². The van der Waals surface area contributed by atoms with Crippen molar-refractivity contribution in [2.75, 3.05) is 6.66 Å². The lowest BCUT2D eigenvalue weighted by Crippen LogP contribution is -2.15. The Morgan fingerprint density at radius 2 is 1.61 bits per heavy atom. The van der Waals surface area contributed by atoms with E-state index in [-0.39, 0.29) is 5.97 Å². The molecular formula is C15H15O2P. The van der Waals surface area contributed by atoms with Crippen molar-refractivity contribution in [1.29, 1.82) is 0 Å². The summed E-state index contributed by atoms with van der Waals surface area (Å²) in [6.07, 6.45) is 0.